The molecule has 13 aromatic rings. The van der Waals surface area contributed by atoms with Gasteiger partial charge in [0.25, 0.3) is 0 Å². The summed E-state index contributed by atoms with van der Waals surface area (Å²) in [6.45, 7) is 0. The largest absolute Gasteiger partial charge is 0.456 e. The van der Waals surface area contributed by atoms with Gasteiger partial charge in [0.15, 0.2) is 17.5 Å². The third-order valence-corrected chi connectivity index (χ3v) is 13.1. The summed E-state index contributed by atoms with van der Waals surface area (Å²) < 4.78 is 6.65. The van der Waals surface area contributed by atoms with E-state index >= 15 is 0 Å². The fraction of sp³-hybridized carbons (Fsp3) is 0. The second kappa shape index (κ2) is 16.8. The van der Waals surface area contributed by atoms with Crippen molar-refractivity contribution in [2.24, 2.45) is 0 Å². The van der Waals surface area contributed by atoms with E-state index in [0.29, 0.717) is 17.5 Å². The highest BCUT2D eigenvalue weighted by Crippen LogP contribution is 2.46. The molecule has 5 heteroatoms. The van der Waals surface area contributed by atoms with Crippen molar-refractivity contribution < 1.29 is 4.42 Å². The van der Waals surface area contributed by atoms with Crippen LogP contribution in [-0.4, -0.2) is 19.9 Å². The Morgan fingerprint density at radius 3 is 1.29 bits per heavy atom. The lowest BCUT2D eigenvalue weighted by atomic mass is 9.89. The molecule has 3 heterocycles. The molecule has 3 aromatic heterocycles. The minimum atomic E-state index is 0.604. The molecule has 0 unspecified atom stereocenters. The summed E-state index contributed by atoms with van der Waals surface area (Å²) in [5.74, 6) is 1.83. The number of hydrogen-bond donors (Lipinski definition) is 0. The first-order chi connectivity index (χ1) is 34.2. The molecule has 0 saturated carbocycles. The highest BCUT2D eigenvalue weighted by atomic mass is 16.3. The zero-order valence-corrected chi connectivity index (χ0v) is 37.3. The third-order valence-electron chi connectivity index (χ3n) is 13.1. The SMILES string of the molecule is c1ccc(-c2ccc(-c3nc(-c4ccc(-c5ccccc5)cc4)nc(-c4cccc(-c5ccc(-c6c7c(cc8c(-c9ccccc9)nc9ccccc9c68)oc6ccccc67)cc5)c4)n3)cc2)cc1. The van der Waals surface area contributed by atoms with Crippen LogP contribution in [0.25, 0.3) is 134 Å². The molecule has 0 amide bonds. The molecule has 0 aliphatic rings. The van der Waals surface area contributed by atoms with Gasteiger partial charge in [-0.3, -0.25) is 0 Å². The first-order valence-electron chi connectivity index (χ1n) is 23.2. The summed E-state index contributed by atoms with van der Waals surface area (Å²) in [7, 11) is 0. The van der Waals surface area contributed by atoms with Crippen LogP contribution in [0, 0.1) is 0 Å². The van der Waals surface area contributed by atoms with Crippen LogP contribution in [0.5, 0.6) is 0 Å². The van der Waals surface area contributed by atoms with Crippen molar-refractivity contribution in [1.82, 2.24) is 19.9 Å². The van der Waals surface area contributed by atoms with Crippen molar-refractivity contribution in [3.8, 4) is 89.9 Å². The molecule has 0 radical (unpaired) electrons. The van der Waals surface area contributed by atoms with Crippen LogP contribution in [0.4, 0.5) is 0 Å². The Bertz CT molecular complexity index is 3920. The van der Waals surface area contributed by atoms with Crippen molar-refractivity contribution >= 4 is 43.6 Å². The zero-order valence-electron chi connectivity index (χ0n) is 37.3. The molecule has 69 heavy (non-hydrogen) atoms. The van der Waals surface area contributed by atoms with Gasteiger partial charge in [0.1, 0.15) is 11.2 Å². The maximum atomic E-state index is 6.65. The average molecular weight is 881 g/mol. The number of fused-ring (bicyclic) bond motifs is 6. The van der Waals surface area contributed by atoms with E-state index in [4.69, 9.17) is 24.4 Å². The molecule has 0 N–H and O–H groups in total. The number of aromatic nitrogens is 4. The van der Waals surface area contributed by atoms with Gasteiger partial charge in [-0.2, -0.15) is 0 Å². The first kappa shape index (κ1) is 40.0. The van der Waals surface area contributed by atoms with E-state index in [9.17, 15) is 0 Å². The standard InChI is InChI=1S/C64H40N4O/c1-4-15-41(16-5-1)43-29-35-48(36-30-43)62-66-63(49-37-31-44(32-38-49)42-17-6-2-7-18-42)68-64(67-62)51-22-14-21-50(39-51)45-27-33-46(34-28-45)58-59-52-23-10-12-25-55(52)65-61(47-19-8-3-9-20-47)54(59)40-57-60(58)53-24-11-13-26-56(53)69-57/h1-40H. The number of furan rings is 1. The fourth-order valence-corrected chi connectivity index (χ4v) is 9.74. The molecular weight excluding hydrogens is 841 g/mol. The number of hydrogen-bond acceptors (Lipinski definition) is 5. The number of para-hydroxylation sites is 2. The topological polar surface area (TPSA) is 64.7 Å². The van der Waals surface area contributed by atoms with Gasteiger partial charge in [-0.25, -0.2) is 19.9 Å². The van der Waals surface area contributed by atoms with Crippen molar-refractivity contribution in [3.05, 3.63) is 243 Å². The Kier molecular flexibility index (Phi) is 9.76. The first-order valence-corrected chi connectivity index (χ1v) is 23.2. The minimum Gasteiger partial charge on any atom is -0.456 e. The Morgan fingerprint density at radius 2 is 0.681 bits per heavy atom. The highest BCUT2D eigenvalue weighted by molar-refractivity contribution is 6.27. The summed E-state index contributed by atoms with van der Waals surface area (Å²) in [5.41, 5.74) is 16.3. The zero-order chi connectivity index (χ0) is 45.7. The molecule has 0 atom stereocenters. The highest BCUT2D eigenvalue weighted by Gasteiger charge is 2.22. The van der Waals surface area contributed by atoms with Crippen molar-refractivity contribution in [3.63, 3.8) is 0 Å². The van der Waals surface area contributed by atoms with Crippen molar-refractivity contribution in [1.29, 1.82) is 0 Å². The van der Waals surface area contributed by atoms with Gasteiger partial charge in [-0.05, 0) is 63.2 Å². The summed E-state index contributed by atoms with van der Waals surface area (Å²) in [6, 6.07) is 84.6. The van der Waals surface area contributed by atoms with Gasteiger partial charge < -0.3 is 4.42 Å². The second-order valence-electron chi connectivity index (χ2n) is 17.3. The van der Waals surface area contributed by atoms with E-state index in [1.165, 1.54) is 0 Å². The molecule has 5 nitrogen and oxygen atoms in total. The van der Waals surface area contributed by atoms with E-state index in [2.05, 4.69) is 218 Å². The molecule has 322 valence electrons. The fourth-order valence-electron chi connectivity index (χ4n) is 9.74. The van der Waals surface area contributed by atoms with Crippen LogP contribution in [0.3, 0.4) is 0 Å². The minimum absolute atomic E-state index is 0.604. The number of rotatable bonds is 8. The molecule has 0 spiro atoms. The lowest BCUT2D eigenvalue weighted by Gasteiger charge is -2.16. The van der Waals surface area contributed by atoms with E-state index in [1.807, 2.05) is 24.3 Å². The predicted octanol–water partition coefficient (Wildman–Crippen LogP) is 16.8. The number of pyridine rings is 1. The van der Waals surface area contributed by atoms with Gasteiger partial charge in [-0.15, -0.1) is 0 Å². The van der Waals surface area contributed by atoms with Gasteiger partial charge in [0.2, 0.25) is 0 Å². The van der Waals surface area contributed by atoms with Crippen LogP contribution < -0.4 is 0 Å². The molecule has 0 bridgehead atoms. The van der Waals surface area contributed by atoms with Crippen molar-refractivity contribution in [2.75, 3.05) is 0 Å². The Hall–Kier alpha value is -9.32. The van der Waals surface area contributed by atoms with Gasteiger partial charge in [0.05, 0.1) is 11.2 Å². The van der Waals surface area contributed by atoms with Crippen LogP contribution in [0.1, 0.15) is 0 Å². The second-order valence-corrected chi connectivity index (χ2v) is 17.3. The quantitative estimate of drug-likeness (QED) is 0.142. The monoisotopic (exact) mass is 880 g/mol. The number of nitrogens with zero attached hydrogens (tertiary/aromatic N) is 4. The van der Waals surface area contributed by atoms with E-state index in [-0.39, 0.29) is 0 Å². The lowest BCUT2D eigenvalue weighted by molar-refractivity contribution is 0.669. The Labute approximate surface area is 398 Å². The summed E-state index contributed by atoms with van der Waals surface area (Å²) in [6.07, 6.45) is 0. The van der Waals surface area contributed by atoms with Crippen molar-refractivity contribution in [2.45, 2.75) is 0 Å². The summed E-state index contributed by atoms with van der Waals surface area (Å²) in [4.78, 5) is 20.7. The van der Waals surface area contributed by atoms with Crippen LogP contribution in [0.2, 0.25) is 0 Å². The van der Waals surface area contributed by atoms with Gasteiger partial charge >= 0.3 is 0 Å². The molecule has 0 aliphatic heterocycles. The predicted molar refractivity (Wildman–Crippen MR) is 283 cm³/mol. The van der Waals surface area contributed by atoms with Crippen LogP contribution in [0.15, 0.2) is 247 Å². The Morgan fingerprint density at radius 1 is 0.246 bits per heavy atom. The smallest absolute Gasteiger partial charge is 0.164 e. The number of benzene rings is 10. The third kappa shape index (κ3) is 7.30. The van der Waals surface area contributed by atoms with Crippen LogP contribution >= 0.6 is 0 Å². The molecule has 10 aromatic carbocycles. The lowest BCUT2D eigenvalue weighted by Crippen LogP contribution is -2.00. The molecular formula is C64H40N4O. The van der Waals surface area contributed by atoms with E-state index in [0.717, 1.165) is 116 Å². The normalized spacial score (nSPS) is 11.5. The molecule has 0 fully saturated rings. The van der Waals surface area contributed by atoms with Gasteiger partial charge in [-0.1, -0.05) is 218 Å². The molecule has 0 aliphatic carbocycles. The Balaban J connectivity index is 0.928. The van der Waals surface area contributed by atoms with E-state index in [1.54, 1.807) is 0 Å². The van der Waals surface area contributed by atoms with E-state index < -0.39 is 0 Å². The summed E-state index contributed by atoms with van der Waals surface area (Å²) in [5, 5.41) is 5.47. The molecule has 13 rings (SSSR count). The summed E-state index contributed by atoms with van der Waals surface area (Å²) >= 11 is 0. The van der Waals surface area contributed by atoms with Crippen LogP contribution in [-0.2, 0) is 0 Å². The molecule has 0 saturated heterocycles. The maximum Gasteiger partial charge on any atom is 0.164 e. The average Bonchev–Trinajstić information content (AvgIpc) is 3.81. The van der Waals surface area contributed by atoms with Gasteiger partial charge in [0, 0.05) is 54.7 Å². The maximum absolute atomic E-state index is 6.65.